The maximum absolute atomic E-state index is 11.4. The van der Waals surface area contributed by atoms with Crippen LogP contribution in [-0.2, 0) is 22.7 Å². The van der Waals surface area contributed by atoms with Gasteiger partial charge in [-0.05, 0) is 26.2 Å². The van der Waals surface area contributed by atoms with Crippen molar-refractivity contribution in [3.8, 4) is 0 Å². The van der Waals surface area contributed by atoms with E-state index >= 15 is 0 Å². The number of aromatic nitrogens is 2. The molecule has 0 bridgehead atoms. The van der Waals surface area contributed by atoms with Crippen molar-refractivity contribution in [3.05, 3.63) is 21.7 Å². The second-order valence-corrected chi connectivity index (χ2v) is 6.96. The Labute approximate surface area is 100 Å². The first-order chi connectivity index (χ1) is 7.39. The van der Waals surface area contributed by atoms with Gasteiger partial charge in [0.2, 0.25) is 0 Å². The zero-order valence-corrected chi connectivity index (χ0v) is 10.9. The minimum atomic E-state index is -3.13. The Kier molecular flexibility index (Phi) is 2.88. The van der Waals surface area contributed by atoms with Gasteiger partial charge in [0.15, 0.2) is 9.84 Å². The highest BCUT2D eigenvalue weighted by Gasteiger charge is 2.22. The quantitative estimate of drug-likeness (QED) is 0.821. The SMILES string of the molecule is CC(c1nc(=S)c2c([nH]1)CCC2)S(C)(=O)=O. The van der Waals surface area contributed by atoms with E-state index in [-0.39, 0.29) is 0 Å². The molecule has 0 aliphatic heterocycles. The molecule has 0 radical (unpaired) electrons. The molecule has 88 valence electrons. The number of sulfone groups is 1. The van der Waals surface area contributed by atoms with Gasteiger partial charge in [-0.25, -0.2) is 13.4 Å². The molecule has 0 spiro atoms. The van der Waals surface area contributed by atoms with E-state index < -0.39 is 15.1 Å². The van der Waals surface area contributed by atoms with Crippen LogP contribution in [0, 0.1) is 4.64 Å². The Morgan fingerprint density at radius 3 is 2.75 bits per heavy atom. The first kappa shape index (κ1) is 11.7. The number of H-pyrrole nitrogens is 1. The van der Waals surface area contributed by atoms with E-state index in [0.29, 0.717) is 10.5 Å². The van der Waals surface area contributed by atoms with Crippen LogP contribution in [0.25, 0.3) is 0 Å². The molecule has 1 aliphatic rings. The van der Waals surface area contributed by atoms with E-state index in [1.54, 1.807) is 6.92 Å². The predicted octanol–water partition coefficient (Wildman–Crippen LogP) is 1.73. The number of aromatic amines is 1. The van der Waals surface area contributed by atoms with E-state index in [4.69, 9.17) is 12.2 Å². The molecule has 4 nitrogen and oxygen atoms in total. The summed E-state index contributed by atoms with van der Waals surface area (Å²) in [6.07, 6.45) is 4.16. The lowest BCUT2D eigenvalue weighted by molar-refractivity contribution is 0.588. The van der Waals surface area contributed by atoms with Gasteiger partial charge in [0, 0.05) is 17.5 Å². The maximum atomic E-state index is 11.4. The molecule has 1 N–H and O–H groups in total. The summed E-state index contributed by atoms with van der Waals surface area (Å²) in [4.78, 5) is 7.31. The van der Waals surface area contributed by atoms with Gasteiger partial charge in [-0.1, -0.05) is 12.2 Å². The Morgan fingerprint density at radius 1 is 1.44 bits per heavy atom. The number of hydrogen-bond acceptors (Lipinski definition) is 4. The van der Waals surface area contributed by atoms with E-state index in [0.717, 1.165) is 30.5 Å². The highest BCUT2D eigenvalue weighted by Crippen LogP contribution is 2.24. The number of nitrogens with one attached hydrogen (secondary N) is 1. The molecule has 0 amide bonds. The number of nitrogens with zero attached hydrogens (tertiary/aromatic N) is 1. The second kappa shape index (κ2) is 3.92. The van der Waals surface area contributed by atoms with Crippen molar-refractivity contribution < 1.29 is 8.42 Å². The molecule has 16 heavy (non-hydrogen) atoms. The van der Waals surface area contributed by atoms with Gasteiger partial charge in [-0.15, -0.1) is 0 Å². The van der Waals surface area contributed by atoms with E-state index in [1.807, 2.05) is 0 Å². The monoisotopic (exact) mass is 258 g/mol. The molecule has 1 aromatic heterocycles. The summed E-state index contributed by atoms with van der Waals surface area (Å²) in [5.74, 6) is 0.466. The fourth-order valence-corrected chi connectivity index (χ4v) is 2.71. The summed E-state index contributed by atoms with van der Waals surface area (Å²) in [6.45, 7) is 1.63. The van der Waals surface area contributed by atoms with Crippen molar-refractivity contribution >= 4 is 22.1 Å². The smallest absolute Gasteiger partial charge is 0.157 e. The Morgan fingerprint density at radius 2 is 2.12 bits per heavy atom. The van der Waals surface area contributed by atoms with Crippen LogP contribution in [-0.4, -0.2) is 24.6 Å². The largest absolute Gasteiger partial charge is 0.346 e. The number of aryl methyl sites for hydroxylation is 1. The van der Waals surface area contributed by atoms with Gasteiger partial charge < -0.3 is 4.98 Å². The number of fused-ring (bicyclic) bond motifs is 1. The average molecular weight is 258 g/mol. The Hall–Kier alpha value is -0.750. The van der Waals surface area contributed by atoms with Crippen LogP contribution in [0.2, 0.25) is 0 Å². The molecule has 0 fully saturated rings. The summed E-state index contributed by atoms with van der Waals surface area (Å²) < 4.78 is 23.5. The molecule has 0 aromatic carbocycles. The van der Waals surface area contributed by atoms with Crippen molar-refractivity contribution in [2.24, 2.45) is 0 Å². The van der Waals surface area contributed by atoms with Crippen molar-refractivity contribution in [1.82, 2.24) is 9.97 Å². The number of rotatable bonds is 2. The van der Waals surface area contributed by atoms with Crippen molar-refractivity contribution in [2.75, 3.05) is 6.26 Å². The van der Waals surface area contributed by atoms with Crippen LogP contribution >= 0.6 is 12.2 Å². The lowest BCUT2D eigenvalue weighted by Gasteiger charge is -2.10. The summed E-state index contributed by atoms with van der Waals surface area (Å²) in [5, 5.41) is -0.625. The second-order valence-electron chi connectivity index (χ2n) is 4.21. The number of hydrogen-bond donors (Lipinski definition) is 1. The van der Waals surface area contributed by atoms with Crippen LogP contribution in [0.3, 0.4) is 0 Å². The molecule has 6 heteroatoms. The predicted molar refractivity (Wildman–Crippen MR) is 64.7 cm³/mol. The fourth-order valence-electron chi connectivity index (χ4n) is 1.87. The molecule has 1 atom stereocenters. The summed E-state index contributed by atoms with van der Waals surface area (Å²) >= 11 is 5.18. The van der Waals surface area contributed by atoms with Gasteiger partial charge in [-0.3, -0.25) is 0 Å². The van der Waals surface area contributed by atoms with E-state index in [9.17, 15) is 8.42 Å². The first-order valence-corrected chi connectivity index (χ1v) is 7.56. The maximum Gasteiger partial charge on any atom is 0.157 e. The van der Waals surface area contributed by atoms with Gasteiger partial charge in [0.1, 0.15) is 15.7 Å². The lowest BCUT2D eigenvalue weighted by Crippen LogP contribution is -2.13. The molecule has 1 aromatic rings. The third kappa shape index (κ3) is 2.04. The highest BCUT2D eigenvalue weighted by atomic mass is 32.2. The highest BCUT2D eigenvalue weighted by molar-refractivity contribution is 7.90. The third-order valence-electron chi connectivity index (χ3n) is 3.00. The Bertz CT molecular complexity index is 575. The van der Waals surface area contributed by atoms with Crippen molar-refractivity contribution in [3.63, 3.8) is 0 Å². The molecular formula is C10H14N2O2S2. The molecule has 1 unspecified atom stereocenters. The average Bonchev–Trinajstić information content (AvgIpc) is 2.63. The van der Waals surface area contributed by atoms with Crippen LogP contribution < -0.4 is 0 Å². The van der Waals surface area contributed by atoms with E-state index in [2.05, 4.69) is 9.97 Å². The van der Waals surface area contributed by atoms with Crippen molar-refractivity contribution in [1.29, 1.82) is 0 Å². The Balaban J connectivity index is 2.53. The molecule has 1 heterocycles. The minimum Gasteiger partial charge on any atom is -0.346 e. The summed E-state index contributed by atoms with van der Waals surface area (Å²) in [6, 6.07) is 0. The topological polar surface area (TPSA) is 62.8 Å². The van der Waals surface area contributed by atoms with E-state index in [1.165, 1.54) is 6.26 Å². The molecular weight excluding hydrogens is 244 g/mol. The zero-order valence-electron chi connectivity index (χ0n) is 9.28. The summed E-state index contributed by atoms with van der Waals surface area (Å²) in [5.41, 5.74) is 2.14. The molecule has 0 saturated carbocycles. The summed E-state index contributed by atoms with van der Waals surface area (Å²) in [7, 11) is -3.13. The van der Waals surface area contributed by atoms with Crippen molar-refractivity contribution in [2.45, 2.75) is 31.4 Å². The fraction of sp³-hybridized carbons (Fsp3) is 0.600. The van der Waals surface area contributed by atoms with Gasteiger partial charge in [0.25, 0.3) is 0 Å². The molecule has 2 rings (SSSR count). The van der Waals surface area contributed by atoms with Gasteiger partial charge in [-0.2, -0.15) is 0 Å². The van der Waals surface area contributed by atoms with Crippen LogP contribution in [0.5, 0.6) is 0 Å². The van der Waals surface area contributed by atoms with Crippen LogP contribution in [0.1, 0.15) is 35.7 Å². The van der Waals surface area contributed by atoms with Crippen LogP contribution in [0.15, 0.2) is 0 Å². The first-order valence-electron chi connectivity index (χ1n) is 5.20. The third-order valence-corrected chi connectivity index (χ3v) is 4.85. The minimum absolute atomic E-state index is 0.466. The normalized spacial score (nSPS) is 17.1. The standard InChI is InChI=1S/C10H14N2O2S2/c1-6(16(2,13)14)9-11-8-5-3-4-7(8)10(15)12-9/h6H,3-5H2,1-2H3,(H,11,12,15). The van der Waals surface area contributed by atoms with Crippen LogP contribution in [0.4, 0.5) is 0 Å². The van der Waals surface area contributed by atoms with Gasteiger partial charge in [0.05, 0.1) is 0 Å². The zero-order chi connectivity index (χ0) is 11.9. The molecule has 1 aliphatic carbocycles. The van der Waals surface area contributed by atoms with Gasteiger partial charge >= 0.3 is 0 Å². The lowest BCUT2D eigenvalue weighted by atomic mass is 10.2. The molecule has 0 saturated heterocycles.